The monoisotopic (exact) mass is 342 g/mol. The average molecular weight is 342 g/mol. The SMILES string of the molecule is CC(NC(=O)c1ccccc1S(=O)(=O)N1CCOCC1)C(=O)O. The van der Waals surface area contributed by atoms with Crippen LogP contribution < -0.4 is 5.32 Å². The van der Waals surface area contributed by atoms with Crippen molar-refractivity contribution in [2.75, 3.05) is 26.3 Å². The van der Waals surface area contributed by atoms with Crippen molar-refractivity contribution >= 4 is 21.9 Å². The van der Waals surface area contributed by atoms with Crippen LogP contribution in [0, 0.1) is 0 Å². The van der Waals surface area contributed by atoms with Gasteiger partial charge in [0.1, 0.15) is 6.04 Å². The molecule has 0 aromatic heterocycles. The molecule has 0 bridgehead atoms. The third-order valence-electron chi connectivity index (χ3n) is 3.44. The number of hydrogen-bond donors (Lipinski definition) is 2. The molecule has 2 rings (SSSR count). The summed E-state index contributed by atoms with van der Waals surface area (Å²) in [7, 11) is -3.85. The molecule has 1 fully saturated rings. The van der Waals surface area contributed by atoms with E-state index in [0.29, 0.717) is 13.2 Å². The molecule has 1 aromatic carbocycles. The van der Waals surface area contributed by atoms with Gasteiger partial charge >= 0.3 is 5.97 Å². The van der Waals surface area contributed by atoms with Crippen molar-refractivity contribution in [3.63, 3.8) is 0 Å². The Morgan fingerprint density at radius 2 is 1.87 bits per heavy atom. The highest BCUT2D eigenvalue weighted by molar-refractivity contribution is 7.89. The Morgan fingerprint density at radius 1 is 1.26 bits per heavy atom. The van der Waals surface area contributed by atoms with Gasteiger partial charge in [0.25, 0.3) is 5.91 Å². The standard InChI is InChI=1S/C14H18N2O6S/c1-10(14(18)19)15-13(17)11-4-2-3-5-12(11)23(20,21)16-6-8-22-9-7-16/h2-5,10H,6-9H2,1H3,(H,15,17)(H,18,19). The predicted molar refractivity (Wildman–Crippen MR) is 80.6 cm³/mol. The Bertz CT molecular complexity index is 697. The third-order valence-corrected chi connectivity index (χ3v) is 5.39. The second-order valence-corrected chi connectivity index (χ2v) is 6.95. The van der Waals surface area contributed by atoms with Crippen LogP contribution in [0.1, 0.15) is 17.3 Å². The molecule has 1 heterocycles. The van der Waals surface area contributed by atoms with Gasteiger partial charge in [0.2, 0.25) is 10.0 Å². The first-order valence-corrected chi connectivity index (χ1v) is 8.48. The minimum atomic E-state index is -3.85. The number of sulfonamides is 1. The number of carbonyl (C=O) groups is 2. The molecule has 2 N–H and O–H groups in total. The number of nitrogens with one attached hydrogen (secondary N) is 1. The molecular weight excluding hydrogens is 324 g/mol. The van der Waals surface area contributed by atoms with E-state index in [4.69, 9.17) is 9.84 Å². The second kappa shape index (κ2) is 7.07. The summed E-state index contributed by atoms with van der Waals surface area (Å²) in [6.45, 7) is 2.32. The largest absolute Gasteiger partial charge is 0.480 e. The summed E-state index contributed by atoms with van der Waals surface area (Å²) in [4.78, 5) is 22.9. The molecule has 0 spiro atoms. The number of carboxylic acids is 1. The number of ether oxygens (including phenoxy) is 1. The van der Waals surface area contributed by atoms with Crippen molar-refractivity contribution in [2.24, 2.45) is 0 Å². The maximum absolute atomic E-state index is 12.7. The van der Waals surface area contributed by atoms with E-state index >= 15 is 0 Å². The Kier molecular flexibility index (Phi) is 5.34. The number of morpholine rings is 1. The number of aliphatic carboxylic acids is 1. The molecule has 1 saturated heterocycles. The van der Waals surface area contributed by atoms with E-state index in [1.165, 1.54) is 35.5 Å². The Balaban J connectivity index is 2.33. The van der Waals surface area contributed by atoms with Crippen LogP contribution in [0.15, 0.2) is 29.2 Å². The molecule has 1 amide bonds. The van der Waals surface area contributed by atoms with Gasteiger partial charge in [-0.3, -0.25) is 9.59 Å². The van der Waals surface area contributed by atoms with E-state index in [9.17, 15) is 18.0 Å². The number of carboxylic acid groups (broad SMARTS) is 1. The van der Waals surface area contributed by atoms with Gasteiger partial charge in [-0.1, -0.05) is 12.1 Å². The summed E-state index contributed by atoms with van der Waals surface area (Å²) in [5.74, 6) is -1.95. The average Bonchev–Trinajstić information content (AvgIpc) is 2.55. The first kappa shape index (κ1) is 17.4. The van der Waals surface area contributed by atoms with Crippen LogP contribution in [0.3, 0.4) is 0 Å². The zero-order valence-corrected chi connectivity index (χ0v) is 13.4. The van der Waals surface area contributed by atoms with Gasteiger partial charge in [-0.25, -0.2) is 8.42 Å². The van der Waals surface area contributed by atoms with E-state index in [-0.39, 0.29) is 23.5 Å². The lowest BCUT2D eigenvalue weighted by Gasteiger charge is -2.26. The summed E-state index contributed by atoms with van der Waals surface area (Å²) in [6.07, 6.45) is 0. The maximum Gasteiger partial charge on any atom is 0.325 e. The fourth-order valence-corrected chi connectivity index (χ4v) is 3.74. The van der Waals surface area contributed by atoms with Gasteiger partial charge in [-0.05, 0) is 19.1 Å². The van der Waals surface area contributed by atoms with Gasteiger partial charge in [-0.2, -0.15) is 4.31 Å². The topological polar surface area (TPSA) is 113 Å². The first-order chi connectivity index (χ1) is 10.8. The van der Waals surface area contributed by atoms with E-state index in [1.807, 2.05) is 0 Å². The molecule has 0 saturated carbocycles. The van der Waals surface area contributed by atoms with Crippen molar-refractivity contribution in [3.05, 3.63) is 29.8 Å². The lowest BCUT2D eigenvalue weighted by molar-refractivity contribution is -0.138. The number of rotatable bonds is 5. The molecule has 0 aliphatic carbocycles. The van der Waals surface area contributed by atoms with Crippen LogP contribution in [-0.4, -0.2) is 62.1 Å². The van der Waals surface area contributed by atoms with Gasteiger partial charge in [0.15, 0.2) is 0 Å². The van der Waals surface area contributed by atoms with Crippen molar-refractivity contribution in [3.8, 4) is 0 Å². The fraction of sp³-hybridized carbons (Fsp3) is 0.429. The minimum absolute atomic E-state index is 0.0768. The number of hydrogen-bond acceptors (Lipinski definition) is 5. The van der Waals surface area contributed by atoms with E-state index in [2.05, 4.69) is 5.32 Å². The smallest absolute Gasteiger partial charge is 0.325 e. The first-order valence-electron chi connectivity index (χ1n) is 7.04. The maximum atomic E-state index is 12.7. The zero-order valence-electron chi connectivity index (χ0n) is 12.6. The highest BCUT2D eigenvalue weighted by Gasteiger charge is 2.30. The number of benzene rings is 1. The van der Waals surface area contributed by atoms with Crippen LogP contribution in [0.25, 0.3) is 0 Å². The van der Waals surface area contributed by atoms with Crippen molar-refractivity contribution < 1.29 is 27.9 Å². The summed E-state index contributed by atoms with van der Waals surface area (Å²) in [5.41, 5.74) is -0.0768. The van der Waals surface area contributed by atoms with E-state index < -0.39 is 27.9 Å². The molecule has 23 heavy (non-hydrogen) atoms. The van der Waals surface area contributed by atoms with Gasteiger partial charge < -0.3 is 15.2 Å². The normalized spacial score (nSPS) is 17.4. The van der Waals surface area contributed by atoms with Gasteiger partial charge in [0.05, 0.1) is 23.7 Å². The van der Waals surface area contributed by atoms with Crippen molar-refractivity contribution in [1.29, 1.82) is 0 Å². The summed E-state index contributed by atoms with van der Waals surface area (Å²) in [6, 6.07) is 4.62. The van der Waals surface area contributed by atoms with Crippen LogP contribution >= 0.6 is 0 Å². The molecule has 1 aliphatic rings. The fourth-order valence-electron chi connectivity index (χ4n) is 2.14. The molecule has 1 atom stereocenters. The lowest BCUT2D eigenvalue weighted by Crippen LogP contribution is -2.42. The Hall–Kier alpha value is -1.97. The third kappa shape index (κ3) is 3.87. The van der Waals surface area contributed by atoms with Gasteiger partial charge in [-0.15, -0.1) is 0 Å². The Labute approximate surface area is 134 Å². The van der Waals surface area contributed by atoms with E-state index in [0.717, 1.165) is 0 Å². The minimum Gasteiger partial charge on any atom is -0.480 e. The molecule has 126 valence electrons. The van der Waals surface area contributed by atoms with Crippen LogP contribution in [0.4, 0.5) is 0 Å². The highest BCUT2D eigenvalue weighted by atomic mass is 32.2. The van der Waals surface area contributed by atoms with Crippen molar-refractivity contribution in [1.82, 2.24) is 9.62 Å². The molecule has 1 aliphatic heterocycles. The Morgan fingerprint density at radius 3 is 2.48 bits per heavy atom. The van der Waals surface area contributed by atoms with Crippen LogP contribution in [0.5, 0.6) is 0 Å². The molecule has 1 unspecified atom stereocenters. The molecule has 1 aromatic rings. The van der Waals surface area contributed by atoms with Crippen LogP contribution in [-0.2, 0) is 19.6 Å². The summed E-state index contributed by atoms with van der Waals surface area (Å²) < 4.78 is 31.8. The number of amides is 1. The molecule has 9 heteroatoms. The zero-order chi connectivity index (χ0) is 17.0. The van der Waals surface area contributed by atoms with Crippen LogP contribution in [0.2, 0.25) is 0 Å². The second-order valence-electron chi connectivity index (χ2n) is 5.05. The quantitative estimate of drug-likeness (QED) is 0.773. The molecule has 0 radical (unpaired) electrons. The summed E-state index contributed by atoms with van der Waals surface area (Å²) in [5, 5.41) is 11.1. The summed E-state index contributed by atoms with van der Waals surface area (Å²) >= 11 is 0. The van der Waals surface area contributed by atoms with Gasteiger partial charge in [0, 0.05) is 13.1 Å². The van der Waals surface area contributed by atoms with E-state index in [1.54, 1.807) is 0 Å². The lowest BCUT2D eigenvalue weighted by atomic mass is 10.2. The highest BCUT2D eigenvalue weighted by Crippen LogP contribution is 2.21. The predicted octanol–water partition coefficient (Wildman–Crippen LogP) is -0.0896. The van der Waals surface area contributed by atoms with Crippen molar-refractivity contribution in [2.45, 2.75) is 17.9 Å². The molecular formula is C14H18N2O6S. The molecule has 8 nitrogen and oxygen atoms in total. The number of nitrogens with zero attached hydrogens (tertiary/aromatic N) is 1. The number of carbonyl (C=O) groups excluding carboxylic acids is 1.